The molecule has 1 fully saturated rings. The topological polar surface area (TPSA) is 16.1 Å². The van der Waals surface area contributed by atoms with Crippen molar-refractivity contribution in [2.45, 2.75) is 38.0 Å². The van der Waals surface area contributed by atoms with Crippen LogP contribution in [0.1, 0.15) is 37.7 Å². The fourth-order valence-corrected chi connectivity index (χ4v) is 2.49. The fourth-order valence-electron chi connectivity index (χ4n) is 2.28. The van der Waals surface area contributed by atoms with E-state index in [9.17, 15) is 0 Å². The first-order valence-corrected chi connectivity index (χ1v) is 6.70. The highest BCUT2D eigenvalue weighted by Crippen LogP contribution is 2.22. The second kappa shape index (κ2) is 6.09. The summed E-state index contributed by atoms with van der Waals surface area (Å²) < 4.78 is 0. The Labute approximate surface area is 103 Å². The van der Waals surface area contributed by atoms with Gasteiger partial charge < -0.3 is 4.90 Å². The molecule has 0 unspecified atom stereocenters. The van der Waals surface area contributed by atoms with Crippen LogP contribution in [0.15, 0.2) is 18.3 Å². The van der Waals surface area contributed by atoms with Crippen LogP contribution in [0.5, 0.6) is 0 Å². The molecular formula is C13H19ClN2. The second-order valence-corrected chi connectivity index (χ2v) is 4.64. The number of hydrogen-bond donors (Lipinski definition) is 0. The SMILES string of the molecule is ClCc1cccnc1N1CCCCCCC1. The van der Waals surface area contributed by atoms with Gasteiger partial charge in [0.25, 0.3) is 0 Å². The highest BCUT2D eigenvalue weighted by Gasteiger charge is 2.13. The lowest BCUT2D eigenvalue weighted by Gasteiger charge is -2.27. The standard InChI is InChI=1S/C13H19ClN2/c14-11-12-7-6-8-15-13(12)16-9-4-2-1-3-5-10-16/h6-8H,1-5,9-11H2. The molecule has 2 heterocycles. The third-order valence-electron chi connectivity index (χ3n) is 3.17. The van der Waals surface area contributed by atoms with Crippen LogP contribution < -0.4 is 4.90 Å². The Balaban J connectivity index is 2.13. The van der Waals surface area contributed by atoms with E-state index in [1.54, 1.807) is 0 Å². The maximum absolute atomic E-state index is 5.96. The average molecular weight is 239 g/mol. The summed E-state index contributed by atoms with van der Waals surface area (Å²) in [5.74, 6) is 1.65. The molecule has 0 radical (unpaired) electrons. The molecule has 0 atom stereocenters. The van der Waals surface area contributed by atoms with Crippen molar-refractivity contribution >= 4 is 17.4 Å². The van der Waals surface area contributed by atoms with E-state index in [-0.39, 0.29) is 0 Å². The number of pyridine rings is 1. The quantitative estimate of drug-likeness (QED) is 0.732. The van der Waals surface area contributed by atoms with Gasteiger partial charge in [0.2, 0.25) is 0 Å². The van der Waals surface area contributed by atoms with Crippen LogP contribution in [0.25, 0.3) is 0 Å². The van der Waals surface area contributed by atoms with Crippen molar-refractivity contribution in [3.8, 4) is 0 Å². The first kappa shape index (κ1) is 11.7. The maximum Gasteiger partial charge on any atom is 0.132 e. The maximum atomic E-state index is 5.96. The number of aromatic nitrogens is 1. The van der Waals surface area contributed by atoms with Crippen LogP contribution in [0.3, 0.4) is 0 Å². The summed E-state index contributed by atoms with van der Waals surface area (Å²) in [4.78, 5) is 6.89. The lowest BCUT2D eigenvalue weighted by atomic mass is 10.1. The summed E-state index contributed by atoms with van der Waals surface area (Å²) in [6.45, 7) is 2.25. The lowest BCUT2D eigenvalue weighted by molar-refractivity contribution is 0.553. The zero-order chi connectivity index (χ0) is 11.2. The van der Waals surface area contributed by atoms with Crippen molar-refractivity contribution in [2.75, 3.05) is 18.0 Å². The molecule has 2 nitrogen and oxygen atoms in total. The Hall–Kier alpha value is -0.760. The van der Waals surface area contributed by atoms with E-state index in [1.165, 1.54) is 32.1 Å². The monoisotopic (exact) mass is 238 g/mol. The minimum absolute atomic E-state index is 0.555. The zero-order valence-corrected chi connectivity index (χ0v) is 10.4. The Morgan fingerprint density at radius 1 is 1.12 bits per heavy atom. The third-order valence-corrected chi connectivity index (χ3v) is 3.46. The molecule has 0 aliphatic carbocycles. The molecule has 88 valence electrons. The Morgan fingerprint density at radius 3 is 2.50 bits per heavy atom. The minimum atomic E-state index is 0.555. The molecule has 3 heteroatoms. The first-order valence-electron chi connectivity index (χ1n) is 6.16. The Kier molecular flexibility index (Phi) is 4.46. The number of alkyl halides is 1. The van der Waals surface area contributed by atoms with Gasteiger partial charge in [0.15, 0.2) is 0 Å². The van der Waals surface area contributed by atoms with E-state index < -0.39 is 0 Å². The van der Waals surface area contributed by atoms with Gasteiger partial charge in [-0.3, -0.25) is 0 Å². The van der Waals surface area contributed by atoms with Gasteiger partial charge >= 0.3 is 0 Å². The molecule has 0 spiro atoms. The number of anilines is 1. The molecule has 1 aliphatic heterocycles. The smallest absolute Gasteiger partial charge is 0.132 e. The van der Waals surface area contributed by atoms with Gasteiger partial charge in [0.05, 0.1) is 5.88 Å². The molecule has 0 N–H and O–H groups in total. The molecule has 1 aliphatic rings. The van der Waals surface area contributed by atoms with Crippen molar-refractivity contribution in [1.82, 2.24) is 4.98 Å². The van der Waals surface area contributed by atoms with Crippen LogP contribution in [0.4, 0.5) is 5.82 Å². The Morgan fingerprint density at radius 2 is 1.81 bits per heavy atom. The van der Waals surface area contributed by atoms with Crippen molar-refractivity contribution in [2.24, 2.45) is 0 Å². The fraction of sp³-hybridized carbons (Fsp3) is 0.615. The average Bonchev–Trinajstić information content (AvgIpc) is 2.29. The van der Waals surface area contributed by atoms with Gasteiger partial charge in [0, 0.05) is 24.8 Å². The lowest BCUT2D eigenvalue weighted by Crippen LogP contribution is -2.28. The summed E-state index contributed by atoms with van der Waals surface area (Å²) in [5.41, 5.74) is 1.16. The highest BCUT2D eigenvalue weighted by molar-refractivity contribution is 6.17. The van der Waals surface area contributed by atoms with Crippen molar-refractivity contribution in [1.29, 1.82) is 0 Å². The van der Waals surface area contributed by atoms with E-state index >= 15 is 0 Å². The number of halogens is 1. The van der Waals surface area contributed by atoms with Gasteiger partial charge in [-0.25, -0.2) is 4.98 Å². The van der Waals surface area contributed by atoms with E-state index in [4.69, 9.17) is 11.6 Å². The molecule has 16 heavy (non-hydrogen) atoms. The molecule has 1 saturated heterocycles. The summed E-state index contributed by atoms with van der Waals surface area (Å²) in [7, 11) is 0. The summed E-state index contributed by atoms with van der Waals surface area (Å²) in [6.07, 6.45) is 8.50. The molecule has 0 aromatic carbocycles. The van der Waals surface area contributed by atoms with E-state index in [0.29, 0.717) is 5.88 Å². The van der Waals surface area contributed by atoms with Crippen LogP contribution >= 0.6 is 11.6 Å². The van der Waals surface area contributed by atoms with Gasteiger partial charge in [-0.2, -0.15) is 0 Å². The predicted molar refractivity (Wildman–Crippen MR) is 69.1 cm³/mol. The van der Waals surface area contributed by atoms with E-state index in [2.05, 4.69) is 16.0 Å². The highest BCUT2D eigenvalue weighted by atomic mass is 35.5. The van der Waals surface area contributed by atoms with Gasteiger partial charge in [0.1, 0.15) is 5.82 Å². The predicted octanol–water partition coefficient (Wildman–Crippen LogP) is 3.59. The summed E-state index contributed by atoms with van der Waals surface area (Å²) >= 11 is 5.96. The molecular weight excluding hydrogens is 220 g/mol. The summed E-state index contributed by atoms with van der Waals surface area (Å²) in [5, 5.41) is 0. The number of hydrogen-bond acceptors (Lipinski definition) is 2. The van der Waals surface area contributed by atoms with Crippen LogP contribution in [0.2, 0.25) is 0 Å². The zero-order valence-electron chi connectivity index (χ0n) is 9.66. The minimum Gasteiger partial charge on any atom is -0.356 e. The van der Waals surface area contributed by atoms with E-state index in [1.807, 2.05) is 12.3 Å². The van der Waals surface area contributed by atoms with Gasteiger partial charge in [-0.1, -0.05) is 25.3 Å². The normalized spacial score (nSPS) is 17.9. The molecule has 0 bridgehead atoms. The van der Waals surface area contributed by atoms with Crippen LogP contribution in [0, 0.1) is 0 Å². The van der Waals surface area contributed by atoms with Crippen LogP contribution in [-0.2, 0) is 5.88 Å². The van der Waals surface area contributed by atoms with Gasteiger partial charge in [-0.15, -0.1) is 11.6 Å². The number of rotatable bonds is 2. The summed E-state index contributed by atoms with van der Waals surface area (Å²) in [6, 6.07) is 4.04. The van der Waals surface area contributed by atoms with Gasteiger partial charge in [-0.05, 0) is 18.9 Å². The molecule has 2 rings (SSSR count). The molecule has 1 aromatic rings. The largest absolute Gasteiger partial charge is 0.356 e. The first-order chi connectivity index (χ1) is 7.92. The van der Waals surface area contributed by atoms with Crippen molar-refractivity contribution < 1.29 is 0 Å². The molecule has 0 amide bonds. The van der Waals surface area contributed by atoms with Crippen molar-refractivity contribution in [3.05, 3.63) is 23.9 Å². The van der Waals surface area contributed by atoms with E-state index in [0.717, 1.165) is 24.5 Å². The Bertz CT molecular complexity index is 319. The molecule has 1 aromatic heterocycles. The van der Waals surface area contributed by atoms with Crippen LogP contribution in [-0.4, -0.2) is 18.1 Å². The third kappa shape index (κ3) is 2.88. The number of nitrogens with zero attached hydrogens (tertiary/aromatic N) is 2. The van der Waals surface area contributed by atoms with Crippen molar-refractivity contribution in [3.63, 3.8) is 0 Å². The molecule has 0 saturated carbocycles. The second-order valence-electron chi connectivity index (χ2n) is 4.37.